The van der Waals surface area contributed by atoms with E-state index in [1.54, 1.807) is 0 Å². The molecule has 0 aromatic rings. The van der Waals surface area contributed by atoms with E-state index < -0.39 is 11.9 Å². The van der Waals surface area contributed by atoms with Gasteiger partial charge in [0.1, 0.15) is 6.04 Å². The van der Waals surface area contributed by atoms with E-state index in [-0.39, 0.29) is 18.2 Å². The van der Waals surface area contributed by atoms with E-state index >= 15 is 0 Å². The van der Waals surface area contributed by atoms with E-state index in [1.807, 2.05) is 0 Å². The number of primary amides is 1. The summed E-state index contributed by atoms with van der Waals surface area (Å²) in [6.45, 7) is 4.75. The van der Waals surface area contributed by atoms with Gasteiger partial charge in [-0.15, -0.1) is 0 Å². The third-order valence-corrected chi connectivity index (χ3v) is 4.87. The van der Waals surface area contributed by atoms with Crippen LogP contribution in [0.2, 0.25) is 0 Å². The number of amides is 3. The summed E-state index contributed by atoms with van der Waals surface area (Å²) >= 11 is 0. The van der Waals surface area contributed by atoms with Crippen molar-refractivity contribution in [3.8, 4) is 0 Å². The van der Waals surface area contributed by atoms with Gasteiger partial charge in [-0.25, -0.2) is 0 Å². The number of nitrogens with one attached hydrogen (secondary N) is 3. The molecule has 0 aliphatic carbocycles. The van der Waals surface area contributed by atoms with Gasteiger partial charge in [0, 0.05) is 13.0 Å². The van der Waals surface area contributed by atoms with Crippen molar-refractivity contribution in [2.75, 3.05) is 19.6 Å². The molecule has 1 aliphatic rings. The molecule has 1 atom stereocenters. The molecule has 0 radical (unpaired) electrons. The average Bonchev–Trinajstić information content (AvgIpc) is 2.61. The standard InChI is InChI=1S/C19H36N4O3/c1-2-3-4-5-6-7-18(25)23-16(14-17(20)24)19(26)22-13-10-15-8-11-21-12-9-15/h15-16,21H,2-14H2,1H3,(H2,20,24)(H,22,26)(H,23,25)/t16-/m1/s1. The number of carbonyl (C=O) groups excluding carboxylic acids is 3. The Morgan fingerprint density at radius 2 is 1.81 bits per heavy atom. The zero-order valence-electron chi connectivity index (χ0n) is 16.1. The number of hydrogen-bond donors (Lipinski definition) is 4. The Labute approximate surface area is 157 Å². The number of hydrogen-bond acceptors (Lipinski definition) is 4. The average molecular weight is 369 g/mol. The first-order valence-electron chi connectivity index (χ1n) is 10.1. The minimum absolute atomic E-state index is 0.166. The van der Waals surface area contributed by atoms with Crippen LogP contribution in [-0.2, 0) is 14.4 Å². The maximum Gasteiger partial charge on any atom is 0.243 e. The van der Waals surface area contributed by atoms with E-state index in [0.29, 0.717) is 18.9 Å². The largest absolute Gasteiger partial charge is 0.370 e. The van der Waals surface area contributed by atoms with E-state index in [2.05, 4.69) is 22.9 Å². The van der Waals surface area contributed by atoms with Crippen LogP contribution < -0.4 is 21.7 Å². The molecule has 1 heterocycles. The zero-order valence-corrected chi connectivity index (χ0v) is 16.1. The molecule has 1 saturated heterocycles. The molecule has 0 unspecified atom stereocenters. The molecule has 5 N–H and O–H groups in total. The first-order valence-corrected chi connectivity index (χ1v) is 10.1. The molecule has 1 fully saturated rings. The van der Waals surface area contributed by atoms with Crippen LogP contribution in [0.5, 0.6) is 0 Å². The van der Waals surface area contributed by atoms with Crippen LogP contribution >= 0.6 is 0 Å². The Hall–Kier alpha value is -1.63. The molecule has 1 rings (SSSR count). The first-order chi connectivity index (χ1) is 12.5. The summed E-state index contributed by atoms with van der Waals surface area (Å²) in [5.74, 6) is -0.492. The molecule has 0 spiro atoms. The fraction of sp³-hybridized carbons (Fsp3) is 0.842. The normalized spacial score (nSPS) is 16.0. The summed E-state index contributed by atoms with van der Waals surface area (Å²) in [6, 6.07) is -0.872. The van der Waals surface area contributed by atoms with Gasteiger partial charge in [-0.2, -0.15) is 0 Å². The van der Waals surface area contributed by atoms with Crippen LogP contribution in [-0.4, -0.2) is 43.4 Å². The third-order valence-electron chi connectivity index (χ3n) is 4.87. The van der Waals surface area contributed by atoms with Gasteiger partial charge in [0.15, 0.2) is 0 Å². The predicted octanol–water partition coefficient (Wildman–Crippen LogP) is 1.21. The monoisotopic (exact) mass is 368 g/mol. The van der Waals surface area contributed by atoms with Crippen LogP contribution in [0, 0.1) is 5.92 Å². The van der Waals surface area contributed by atoms with Gasteiger partial charge in [0.2, 0.25) is 17.7 Å². The Morgan fingerprint density at radius 1 is 1.12 bits per heavy atom. The summed E-state index contributed by atoms with van der Waals surface area (Å²) < 4.78 is 0. The molecule has 0 aromatic heterocycles. The van der Waals surface area contributed by atoms with Crippen LogP contribution in [0.3, 0.4) is 0 Å². The molecule has 1 aliphatic heterocycles. The van der Waals surface area contributed by atoms with Crippen molar-refractivity contribution in [3.63, 3.8) is 0 Å². The molecule has 0 aromatic carbocycles. The molecule has 26 heavy (non-hydrogen) atoms. The number of unbranched alkanes of at least 4 members (excludes halogenated alkanes) is 4. The molecule has 0 bridgehead atoms. The van der Waals surface area contributed by atoms with E-state index in [0.717, 1.165) is 58.0 Å². The van der Waals surface area contributed by atoms with Crippen molar-refractivity contribution in [2.45, 2.75) is 77.2 Å². The van der Waals surface area contributed by atoms with Crippen LogP contribution in [0.25, 0.3) is 0 Å². The third kappa shape index (κ3) is 10.4. The van der Waals surface area contributed by atoms with Crippen LogP contribution in [0.1, 0.15) is 71.1 Å². The number of rotatable bonds is 13. The van der Waals surface area contributed by atoms with Crippen molar-refractivity contribution in [1.82, 2.24) is 16.0 Å². The maximum absolute atomic E-state index is 12.3. The summed E-state index contributed by atoms with van der Waals surface area (Å²) in [7, 11) is 0. The lowest BCUT2D eigenvalue weighted by atomic mass is 9.95. The lowest BCUT2D eigenvalue weighted by Gasteiger charge is -2.23. The second-order valence-electron chi connectivity index (χ2n) is 7.23. The van der Waals surface area contributed by atoms with Gasteiger partial charge in [0.05, 0.1) is 6.42 Å². The van der Waals surface area contributed by atoms with Crippen LogP contribution in [0.15, 0.2) is 0 Å². The number of piperidine rings is 1. The molecule has 3 amide bonds. The van der Waals surface area contributed by atoms with Crippen molar-refractivity contribution in [1.29, 1.82) is 0 Å². The predicted molar refractivity (Wildman–Crippen MR) is 102 cm³/mol. The molecule has 0 saturated carbocycles. The number of nitrogens with two attached hydrogens (primary N) is 1. The molecular formula is C19H36N4O3. The highest BCUT2D eigenvalue weighted by Gasteiger charge is 2.23. The molecule has 7 heteroatoms. The van der Waals surface area contributed by atoms with E-state index in [9.17, 15) is 14.4 Å². The van der Waals surface area contributed by atoms with Crippen molar-refractivity contribution in [3.05, 3.63) is 0 Å². The summed E-state index contributed by atoms with van der Waals surface area (Å²) in [6.07, 6.45) is 8.62. The Bertz CT molecular complexity index is 437. The molecular weight excluding hydrogens is 332 g/mol. The smallest absolute Gasteiger partial charge is 0.243 e. The van der Waals surface area contributed by atoms with E-state index in [4.69, 9.17) is 5.73 Å². The minimum atomic E-state index is -0.872. The highest BCUT2D eigenvalue weighted by atomic mass is 16.2. The summed E-state index contributed by atoms with van der Waals surface area (Å²) in [5, 5.41) is 8.83. The van der Waals surface area contributed by atoms with Crippen molar-refractivity contribution in [2.24, 2.45) is 11.7 Å². The molecule has 7 nitrogen and oxygen atoms in total. The lowest BCUT2D eigenvalue weighted by molar-refractivity contribution is -0.131. The highest BCUT2D eigenvalue weighted by Crippen LogP contribution is 2.14. The SMILES string of the molecule is CCCCCCCC(=O)N[C@H](CC(N)=O)C(=O)NCCC1CCNCC1. The van der Waals surface area contributed by atoms with Crippen molar-refractivity contribution < 1.29 is 14.4 Å². The van der Waals surface area contributed by atoms with Gasteiger partial charge < -0.3 is 21.7 Å². The lowest BCUT2D eigenvalue weighted by Crippen LogP contribution is -2.49. The number of carbonyl (C=O) groups is 3. The Kier molecular flexibility index (Phi) is 11.7. The fourth-order valence-corrected chi connectivity index (χ4v) is 3.26. The van der Waals surface area contributed by atoms with Gasteiger partial charge in [-0.05, 0) is 44.7 Å². The first kappa shape index (κ1) is 22.4. The minimum Gasteiger partial charge on any atom is -0.370 e. The van der Waals surface area contributed by atoms with E-state index in [1.165, 1.54) is 6.42 Å². The fourth-order valence-electron chi connectivity index (χ4n) is 3.26. The maximum atomic E-state index is 12.3. The Morgan fingerprint density at radius 3 is 2.46 bits per heavy atom. The van der Waals surface area contributed by atoms with Gasteiger partial charge in [-0.3, -0.25) is 14.4 Å². The van der Waals surface area contributed by atoms with Gasteiger partial charge in [0.25, 0.3) is 0 Å². The Balaban J connectivity index is 2.32. The van der Waals surface area contributed by atoms with Gasteiger partial charge in [-0.1, -0.05) is 32.6 Å². The quantitative estimate of drug-likeness (QED) is 0.366. The highest BCUT2D eigenvalue weighted by molar-refractivity contribution is 5.91. The second-order valence-corrected chi connectivity index (χ2v) is 7.23. The summed E-state index contributed by atoms with van der Waals surface area (Å²) in [5.41, 5.74) is 5.23. The van der Waals surface area contributed by atoms with Gasteiger partial charge >= 0.3 is 0 Å². The molecule has 150 valence electrons. The van der Waals surface area contributed by atoms with Crippen molar-refractivity contribution >= 4 is 17.7 Å². The van der Waals surface area contributed by atoms with Crippen LogP contribution in [0.4, 0.5) is 0 Å². The summed E-state index contributed by atoms with van der Waals surface area (Å²) in [4.78, 5) is 35.6. The second kappa shape index (κ2) is 13.6. The topological polar surface area (TPSA) is 113 Å². The zero-order chi connectivity index (χ0) is 19.2.